The molecule has 0 aromatic carbocycles. The van der Waals surface area contributed by atoms with Crippen molar-refractivity contribution in [1.82, 2.24) is 15.0 Å². The summed E-state index contributed by atoms with van der Waals surface area (Å²) in [6, 6.07) is 1.68. The van der Waals surface area contributed by atoms with E-state index < -0.39 is 0 Å². The number of rotatable bonds is 3. The summed E-state index contributed by atoms with van der Waals surface area (Å²) in [6.45, 7) is 0. The number of carbonyl (C=O) groups excluding carboxylic acids is 1. The molecule has 2 rings (SSSR count). The number of nitrogens with one attached hydrogen (secondary N) is 1. The van der Waals surface area contributed by atoms with E-state index >= 15 is 0 Å². The van der Waals surface area contributed by atoms with Crippen LogP contribution in [0.1, 0.15) is 5.69 Å². The van der Waals surface area contributed by atoms with E-state index in [4.69, 9.17) is 5.73 Å². The Morgan fingerprint density at radius 2 is 2.19 bits per heavy atom. The number of aromatic nitrogens is 3. The molecule has 0 unspecified atom stereocenters. The number of nitrogen functional groups attached to an aromatic ring is 1. The van der Waals surface area contributed by atoms with E-state index in [9.17, 15) is 4.79 Å². The first kappa shape index (κ1) is 10.5. The fourth-order valence-corrected chi connectivity index (χ4v) is 1.66. The molecule has 0 aliphatic carbocycles. The summed E-state index contributed by atoms with van der Waals surface area (Å²) in [5.41, 5.74) is 6.11. The van der Waals surface area contributed by atoms with Gasteiger partial charge in [0.25, 0.3) is 0 Å². The Balaban J connectivity index is 1.95. The minimum absolute atomic E-state index is 0.173. The average Bonchev–Trinajstić information content (AvgIpc) is 2.65. The summed E-state index contributed by atoms with van der Waals surface area (Å²) in [6.07, 6.45) is 3.29. The lowest BCUT2D eigenvalue weighted by Gasteiger charge is -2.00. The quantitative estimate of drug-likeness (QED) is 0.816. The second-order valence-corrected chi connectivity index (χ2v) is 3.86. The number of thiazole rings is 1. The van der Waals surface area contributed by atoms with Crippen LogP contribution >= 0.6 is 11.3 Å². The topological polar surface area (TPSA) is 93.8 Å². The summed E-state index contributed by atoms with van der Waals surface area (Å²) < 4.78 is 0. The molecule has 0 saturated heterocycles. The van der Waals surface area contributed by atoms with Crippen LogP contribution in [-0.4, -0.2) is 20.9 Å². The fraction of sp³-hybridized carbons (Fsp3) is 0.111. The normalized spacial score (nSPS) is 10.0. The molecule has 0 atom stereocenters. The summed E-state index contributed by atoms with van der Waals surface area (Å²) >= 11 is 1.31. The number of anilines is 2. The highest BCUT2D eigenvalue weighted by atomic mass is 32.1. The van der Waals surface area contributed by atoms with Gasteiger partial charge in [0, 0.05) is 17.8 Å². The third kappa shape index (κ3) is 2.74. The molecule has 16 heavy (non-hydrogen) atoms. The van der Waals surface area contributed by atoms with Crippen LogP contribution in [-0.2, 0) is 11.2 Å². The fourth-order valence-electron chi connectivity index (χ4n) is 1.10. The average molecular weight is 235 g/mol. The van der Waals surface area contributed by atoms with Crippen LogP contribution < -0.4 is 11.1 Å². The number of amides is 1. The van der Waals surface area contributed by atoms with Gasteiger partial charge in [0.1, 0.15) is 0 Å². The molecule has 0 radical (unpaired) electrons. The molecule has 3 N–H and O–H groups in total. The van der Waals surface area contributed by atoms with Crippen LogP contribution in [0.4, 0.5) is 11.1 Å². The number of hydrogen-bond acceptors (Lipinski definition) is 6. The number of nitrogens with zero attached hydrogens (tertiary/aromatic N) is 3. The zero-order valence-electron chi connectivity index (χ0n) is 8.25. The third-order valence-corrected chi connectivity index (χ3v) is 2.45. The van der Waals surface area contributed by atoms with Gasteiger partial charge in [-0.15, -0.1) is 11.3 Å². The van der Waals surface area contributed by atoms with Gasteiger partial charge in [0.15, 0.2) is 5.13 Å². The van der Waals surface area contributed by atoms with Crippen molar-refractivity contribution >= 4 is 28.3 Å². The molecule has 2 aromatic heterocycles. The first-order chi connectivity index (χ1) is 7.74. The highest BCUT2D eigenvalue weighted by Gasteiger charge is 2.07. The Morgan fingerprint density at radius 3 is 2.81 bits per heavy atom. The summed E-state index contributed by atoms with van der Waals surface area (Å²) in [7, 11) is 0. The number of hydrogen-bond donors (Lipinski definition) is 2. The van der Waals surface area contributed by atoms with E-state index in [0.29, 0.717) is 10.8 Å². The van der Waals surface area contributed by atoms with Gasteiger partial charge in [-0.3, -0.25) is 10.1 Å². The van der Waals surface area contributed by atoms with Gasteiger partial charge in [-0.25, -0.2) is 15.0 Å². The Bertz CT molecular complexity index is 484. The molecule has 0 aliphatic rings. The summed E-state index contributed by atoms with van der Waals surface area (Å²) in [5.74, 6) is 0.0761. The molecular weight excluding hydrogens is 226 g/mol. The zero-order valence-corrected chi connectivity index (χ0v) is 9.07. The van der Waals surface area contributed by atoms with Crippen LogP contribution in [0, 0.1) is 0 Å². The molecule has 2 aromatic rings. The largest absolute Gasteiger partial charge is 0.375 e. The smallest absolute Gasteiger partial charge is 0.232 e. The number of carbonyl (C=O) groups is 1. The van der Waals surface area contributed by atoms with E-state index in [1.807, 2.05) is 0 Å². The van der Waals surface area contributed by atoms with Gasteiger partial charge in [-0.2, -0.15) is 0 Å². The molecular formula is C9H9N5OS. The van der Waals surface area contributed by atoms with Crippen molar-refractivity contribution < 1.29 is 4.79 Å². The van der Waals surface area contributed by atoms with Crippen LogP contribution in [0.25, 0.3) is 0 Å². The van der Waals surface area contributed by atoms with Gasteiger partial charge in [-0.05, 0) is 6.07 Å². The zero-order chi connectivity index (χ0) is 11.4. The highest BCUT2D eigenvalue weighted by molar-refractivity contribution is 7.13. The summed E-state index contributed by atoms with van der Waals surface area (Å²) in [5, 5.41) is 4.77. The Labute approximate surface area is 95.6 Å². The van der Waals surface area contributed by atoms with Gasteiger partial charge in [-0.1, -0.05) is 0 Å². The molecule has 2 heterocycles. The Hall–Kier alpha value is -2.02. The van der Waals surface area contributed by atoms with Crippen molar-refractivity contribution in [2.24, 2.45) is 0 Å². The lowest BCUT2D eigenvalue weighted by atomic mass is 10.3. The molecule has 6 nitrogen and oxygen atoms in total. The van der Waals surface area contributed by atoms with Crippen LogP contribution in [0.15, 0.2) is 23.8 Å². The van der Waals surface area contributed by atoms with Crippen molar-refractivity contribution in [2.45, 2.75) is 6.42 Å². The van der Waals surface area contributed by atoms with Crippen molar-refractivity contribution in [3.05, 3.63) is 29.5 Å². The second-order valence-electron chi connectivity index (χ2n) is 2.97. The maximum absolute atomic E-state index is 11.5. The molecule has 0 bridgehead atoms. The maximum atomic E-state index is 11.5. The molecule has 82 valence electrons. The molecule has 7 heteroatoms. The minimum Gasteiger partial charge on any atom is -0.375 e. The van der Waals surface area contributed by atoms with E-state index in [1.54, 1.807) is 23.8 Å². The summed E-state index contributed by atoms with van der Waals surface area (Å²) in [4.78, 5) is 23.3. The van der Waals surface area contributed by atoms with Gasteiger partial charge < -0.3 is 5.73 Å². The SMILES string of the molecule is Nc1nc(CC(=O)Nc2ncccn2)cs1. The van der Waals surface area contributed by atoms with Crippen molar-refractivity contribution in [1.29, 1.82) is 0 Å². The molecule has 0 spiro atoms. The maximum Gasteiger partial charge on any atom is 0.232 e. The van der Waals surface area contributed by atoms with Crippen molar-refractivity contribution in [2.75, 3.05) is 11.1 Å². The first-order valence-electron chi connectivity index (χ1n) is 4.51. The standard InChI is InChI=1S/C9H9N5OS/c10-8-13-6(5-16-8)4-7(15)14-9-11-2-1-3-12-9/h1-3,5H,4H2,(H2,10,13)(H,11,12,14,15). The van der Waals surface area contributed by atoms with Crippen molar-refractivity contribution in [3.8, 4) is 0 Å². The molecule has 0 saturated carbocycles. The van der Waals surface area contributed by atoms with E-state index in [2.05, 4.69) is 20.3 Å². The van der Waals surface area contributed by atoms with Gasteiger partial charge >= 0.3 is 0 Å². The van der Waals surface area contributed by atoms with E-state index in [1.165, 1.54) is 11.3 Å². The lowest BCUT2D eigenvalue weighted by molar-refractivity contribution is -0.115. The lowest BCUT2D eigenvalue weighted by Crippen LogP contribution is -2.16. The second kappa shape index (κ2) is 4.67. The van der Waals surface area contributed by atoms with E-state index in [0.717, 1.165) is 0 Å². The predicted molar refractivity (Wildman–Crippen MR) is 60.9 cm³/mol. The van der Waals surface area contributed by atoms with E-state index in [-0.39, 0.29) is 18.3 Å². The van der Waals surface area contributed by atoms with Crippen LogP contribution in [0.2, 0.25) is 0 Å². The predicted octanol–water partition coefficient (Wildman–Crippen LogP) is 0.696. The van der Waals surface area contributed by atoms with Gasteiger partial charge in [0.05, 0.1) is 12.1 Å². The van der Waals surface area contributed by atoms with Crippen LogP contribution in [0.5, 0.6) is 0 Å². The molecule has 1 amide bonds. The Kier molecular flexibility index (Phi) is 3.06. The molecule has 0 fully saturated rings. The Morgan fingerprint density at radius 1 is 1.44 bits per heavy atom. The molecule has 0 aliphatic heterocycles. The first-order valence-corrected chi connectivity index (χ1v) is 5.39. The monoisotopic (exact) mass is 235 g/mol. The minimum atomic E-state index is -0.212. The number of nitrogens with two attached hydrogens (primary N) is 1. The third-order valence-electron chi connectivity index (χ3n) is 1.73. The van der Waals surface area contributed by atoms with Crippen LogP contribution in [0.3, 0.4) is 0 Å². The van der Waals surface area contributed by atoms with Crippen molar-refractivity contribution in [3.63, 3.8) is 0 Å². The highest BCUT2D eigenvalue weighted by Crippen LogP contribution is 2.11. The van der Waals surface area contributed by atoms with Gasteiger partial charge in [0.2, 0.25) is 11.9 Å².